The molecule has 0 aliphatic heterocycles. The maximum Gasteiger partial charge on any atom is 0.252 e. The van der Waals surface area contributed by atoms with Crippen LogP contribution >= 0.6 is 0 Å². The lowest BCUT2D eigenvalue weighted by molar-refractivity contribution is 0.0935. The molecular formula is C20H22N2O3. The number of aryl methyl sites for hydroxylation is 2. The molecule has 5 heteroatoms. The molecule has 2 aromatic carbocycles. The molecule has 0 radical (unpaired) electrons. The van der Waals surface area contributed by atoms with Crippen LogP contribution in [0.15, 0.2) is 40.8 Å². The van der Waals surface area contributed by atoms with Crippen LogP contribution in [-0.4, -0.2) is 13.0 Å². The van der Waals surface area contributed by atoms with Crippen LogP contribution in [0.2, 0.25) is 0 Å². The number of hydrogen-bond acceptors (Lipinski definition) is 4. The largest absolute Gasteiger partial charge is 0.497 e. The summed E-state index contributed by atoms with van der Waals surface area (Å²) >= 11 is 0. The van der Waals surface area contributed by atoms with Crippen molar-refractivity contribution in [1.82, 2.24) is 5.32 Å². The van der Waals surface area contributed by atoms with Crippen LogP contribution in [0, 0.1) is 13.8 Å². The van der Waals surface area contributed by atoms with E-state index < -0.39 is 0 Å². The van der Waals surface area contributed by atoms with Gasteiger partial charge >= 0.3 is 0 Å². The molecule has 3 aromatic rings. The normalized spacial score (nSPS) is 12.2. The Morgan fingerprint density at radius 1 is 1.20 bits per heavy atom. The molecular weight excluding hydrogens is 316 g/mol. The summed E-state index contributed by atoms with van der Waals surface area (Å²) in [5.74, 6) is 1.34. The van der Waals surface area contributed by atoms with Gasteiger partial charge in [0.2, 0.25) is 0 Å². The molecule has 3 N–H and O–H groups in total. The minimum atomic E-state index is -0.272. The van der Waals surface area contributed by atoms with Crippen LogP contribution in [0.3, 0.4) is 0 Å². The molecule has 1 aromatic heterocycles. The molecule has 0 bridgehead atoms. The first-order chi connectivity index (χ1) is 11.9. The quantitative estimate of drug-likeness (QED) is 0.701. The fraction of sp³-hybridized carbons (Fsp3) is 0.250. The maximum absolute atomic E-state index is 12.6. The Balaban J connectivity index is 1.89. The van der Waals surface area contributed by atoms with E-state index in [1.165, 1.54) is 0 Å². The number of amides is 1. The fourth-order valence-corrected chi connectivity index (χ4v) is 2.98. The summed E-state index contributed by atoms with van der Waals surface area (Å²) in [6, 6.07) is 10.7. The number of fused-ring (bicyclic) bond motifs is 1. The van der Waals surface area contributed by atoms with Gasteiger partial charge in [0.1, 0.15) is 17.1 Å². The Labute approximate surface area is 146 Å². The molecule has 130 valence electrons. The van der Waals surface area contributed by atoms with Gasteiger partial charge in [-0.05, 0) is 56.7 Å². The Kier molecular flexibility index (Phi) is 4.40. The van der Waals surface area contributed by atoms with Gasteiger partial charge in [-0.15, -0.1) is 0 Å². The van der Waals surface area contributed by atoms with Crippen molar-refractivity contribution in [3.63, 3.8) is 0 Å². The van der Waals surface area contributed by atoms with Gasteiger partial charge in [-0.25, -0.2) is 0 Å². The lowest BCUT2D eigenvalue weighted by atomic mass is 10.1. The van der Waals surface area contributed by atoms with Crippen LogP contribution in [0.5, 0.6) is 5.75 Å². The summed E-state index contributed by atoms with van der Waals surface area (Å²) in [5, 5.41) is 3.97. The number of furan rings is 1. The summed E-state index contributed by atoms with van der Waals surface area (Å²) < 4.78 is 11.2. The highest BCUT2D eigenvalue weighted by Crippen LogP contribution is 2.32. The highest BCUT2D eigenvalue weighted by Gasteiger charge is 2.20. The number of rotatable bonds is 4. The zero-order chi connectivity index (χ0) is 18.1. The smallest absolute Gasteiger partial charge is 0.252 e. The third-order valence-electron chi connectivity index (χ3n) is 4.43. The minimum absolute atomic E-state index is 0.172. The molecule has 0 aliphatic rings. The van der Waals surface area contributed by atoms with Gasteiger partial charge in [0.05, 0.1) is 13.2 Å². The first-order valence-corrected chi connectivity index (χ1v) is 8.14. The number of carbonyl (C=O) groups excluding carboxylic acids is 1. The number of benzene rings is 2. The van der Waals surface area contributed by atoms with Crippen LogP contribution in [0.1, 0.15) is 40.2 Å². The molecule has 1 atom stereocenters. The third kappa shape index (κ3) is 3.18. The SMILES string of the molecule is COc1ccc2oc(C(C)NC(=O)c3cc(N)ccc3C)c(C)c2c1. The second-order valence-electron chi connectivity index (χ2n) is 6.22. The number of anilines is 1. The van der Waals surface area contributed by atoms with Gasteiger partial charge in [0, 0.05) is 22.2 Å². The number of nitrogen functional groups attached to an aromatic ring is 1. The predicted molar refractivity (Wildman–Crippen MR) is 99.0 cm³/mol. The van der Waals surface area contributed by atoms with Gasteiger partial charge in [0.15, 0.2) is 0 Å². The van der Waals surface area contributed by atoms with E-state index in [-0.39, 0.29) is 11.9 Å². The van der Waals surface area contributed by atoms with E-state index in [9.17, 15) is 4.79 Å². The van der Waals surface area contributed by atoms with Gasteiger partial charge in [-0.3, -0.25) is 4.79 Å². The fourth-order valence-electron chi connectivity index (χ4n) is 2.98. The monoisotopic (exact) mass is 338 g/mol. The Morgan fingerprint density at radius 3 is 2.68 bits per heavy atom. The number of nitrogens with one attached hydrogen (secondary N) is 1. The standard InChI is InChI=1S/C20H22N2O3/c1-11-5-6-14(21)9-16(11)20(23)22-13(3)19-12(2)17-10-15(24-4)7-8-18(17)25-19/h5-10,13H,21H2,1-4H3,(H,22,23). The highest BCUT2D eigenvalue weighted by atomic mass is 16.5. The van der Waals surface area contributed by atoms with Crippen LogP contribution in [-0.2, 0) is 0 Å². The van der Waals surface area contributed by atoms with Crippen LogP contribution < -0.4 is 15.8 Å². The van der Waals surface area contributed by atoms with E-state index in [2.05, 4.69) is 5.32 Å². The van der Waals surface area contributed by atoms with Crippen molar-refractivity contribution in [1.29, 1.82) is 0 Å². The molecule has 1 amide bonds. The molecule has 0 fully saturated rings. The van der Waals surface area contributed by atoms with Crippen molar-refractivity contribution in [2.24, 2.45) is 0 Å². The predicted octanol–water partition coefficient (Wildman–Crippen LogP) is 4.13. The summed E-state index contributed by atoms with van der Waals surface area (Å²) in [4.78, 5) is 12.6. The van der Waals surface area contributed by atoms with E-state index in [4.69, 9.17) is 14.9 Å². The minimum Gasteiger partial charge on any atom is -0.497 e. The second kappa shape index (κ2) is 6.51. The summed E-state index contributed by atoms with van der Waals surface area (Å²) in [6.07, 6.45) is 0. The molecule has 0 aliphatic carbocycles. The van der Waals surface area contributed by atoms with E-state index in [1.54, 1.807) is 19.2 Å². The second-order valence-corrected chi connectivity index (χ2v) is 6.22. The van der Waals surface area contributed by atoms with Crippen molar-refractivity contribution >= 4 is 22.6 Å². The Bertz CT molecular complexity index is 944. The number of methoxy groups -OCH3 is 1. The Morgan fingerprint density at radius 2 is 1.96 bits per heavy atom. The Hall–Kier alpha value is -2.95. The molecule has 1 unspecified atom stereocenters. The summed E-state index contributed by atoms with van der Waals surface area (Å²) in [6.45, 7) is 5.77. The average Bonchev–Trinajstić information content (AvgIpc) is 2.93. The van der Waals surface area contributed by atoms with E-state index in [0.717, 1.165) is 33.6 Å². The van der Waals surface area contributed by atoms with Gasteiger partial charge in [-0.1, -0.05) is 6.07 Å². The number of hydrogen-bond donors (Lipinski definition) is 2. The van der Waals surface area contributed by atoms with Crippen molar-refractivity contribution in [3.05, 3.63) is 58.8 Å². The van der Waals surface area contributed by atoms with E-state index >= 15 is 0 Å². The molecule has 1 heterocycles. The maximum atomic E-state index is 12.6. The molecule has 0 saturated carbocycles. The topological polar surface area (TPSA) is 77.5 Å². The number of carbonyl (C=O) groups is 1. The van der Waals surface area contributed by atoms with E-state index in [0.29, 0.717) is 11.3 Å². The van der Waals surface area contributed by atoms with Gasteiger partial charge in [-0.2, -0.15) is 0 Å². The zero-order valence-electron chi connectivity index (χ0n) is 14.8. The van der Waals surface area contributed by atoms with Crippen LogP contribution in [0.4, 0.5) is 5.69 Å². The van der Waals surface area contributed by atoms with Gasteiger partial charge in [0.25, 0.3) is 5.91 Å². The van der Waals surface area contributed by atoms with Crippen LogP contribution in [0.25, 0.3) is 11.0 Å². The van der Waals surface area contributed by atoms with Crippen molar-refractivity contribution in [2.75, 3.05) is 12.8 Å². The lowest BCUT2D eigenvalue weighted by Crippen LogP contribution is -2.27. The third-order valence-corrected chi connectivity index (χ3v) is 4.43. The summed E-state index contributed by atoms with van der Waals surface area (Å²) in [5.41, 5.74) is 9.58. The van der Waals surface area contributed by atoms with Gasteiger partial charge < -0.3 is 20.2 Å². The number of nitrogens with two attached hydrogens (primary N) is 1. The van der Waals surface area contributed by atoms with Crippen molar-refractivity contribution in [2.45, 2.75) is 26.8 Å². The molecule has 0 spiro atoms. The molecule has 5 nitrogen and oxygen atoms in total. The van der Waals surface area contributed by atoms with Crippen molar-refractivity contribution in [3.8, 4) is 5.75 Å². The molecule has 0 saturated heterocycles. The molecule has 25 heavy (non-hydrogen) atoms. The molecule has 3 rings (SSSR count). The lowest BCUT2D eigenvalue weighted by Gasteiger charge is -2.14. The first kappa shape index (κ1) is 16.9. The summed E-state index contributed by atoms with van der Waals surface area (Å²) in [7, 11) is 1.63. The number of ether oxygens (including phenoxy) is 1. The highest BCUT2D eigenvalue weighted by molar-refractivity contribution is 5.96. The zero-order valence-corrected chi connectivity index (χ0v) is 14.8. The average molecular weight is 338 g/mol. The first-order valence-electron chi connectivity index (χ1n) is 8.14. The van der Waals surface area contributed by atoms with Crippen molar-refractivity contribution < 1.29 is 13.9 Å². The van der Waals surface area contributed by atoms with E-state index in [1.807, 2.05) is 45.0 Å².